The van der Waals surface area contributed by atoms with Crippen LogP contribution in [0, 0.1) is 13.8 Å². The van der Waals surface area contributed by atoms with Gasteiger partial charge in [0.2, 0.25) is 5.75 Å². The number of benzene rings is 2. The van der Waals surface area contributed by atoms with Crippen LogP contribution < -0.4 is 19.5 Å². The van der Waals surface area contributed by atoms with Gasteiger partial charge in [-0.2, -0.15) is 0 Å². The number of nitrogens with zero attached hydrogens (tertiary/aromatic N) is 2. The summed E-state index contributed by atoms with van der Waals surface area (Å²) < 4.78 is 16.2. The number of anilines is 2. The summed E-state index contributed by atoms with van der Waals surface area (Å²) in [4.78, 5) is 8.80. The lowest BCUT2D eigenvalue weighted by Crippen LogP contribution is -2.00. The summed E-state index contributed by atoms with van der Waals surface area (Å²) in [6.07, 6.45) is 1.56. The number of nitrogens with one attached hydrogen (secondary N) is 1. The molecule has 3 aromatic rings. The molecule has 0 fully saturated rings. The van der Waals surface area contributed by atoms with Crippen LogP contribution in [0.5, 0.6) is 17.2 Å². The van der Waals surface area contributed by atoms with E-state index in [-0.39, 0.29) is 12.4 Å². The van der Waals surface area contributed by atoms with Crippen molar-refractivity contribution in [3.05, 3.63) is 41.7 Å². The van der Waals surface area contributed by atoms with Crippen molar-refractivity contribution in [1.29, 1.82) is 0 Å². The summed E-state index contributed by atoms with van der Waals surface area (Å²) >= 11 is 0. The number of aryl methyl sites for hydroxylation is 2. The second-order valence-electron chi connectivity index (χ2n) is 5.74. The molecule has 0 saturated carbocycles. The monoisotopic (exact) mass is 375 g/mol. The maximum atomic E-state index is 5.41. The summed E-state index contributed by atoms with van der Waals surface area (Å²) in [5, 5.41) is 4.30. The van der Waals surface area contributed by atoms with Gasteiger partial charge in [0, 0.05) is 23.2 Å². The molecule has 0 bridgehead atoms. The van der Waals surface area contributed by atoms with Gasteiger partial charge in [-0.1, -0.05) is 6.07 Å². The van der Waals surface area contributed by atoms with E-state index in [1.165, 1.54) is 0 Å². The molecule has 2 aromatic carbocycles. The van der Waals surface area contributed by atoms with Gasteiger partial charge < -0.3 is 19.5 Å². The Bertz CT molecular complexity index is 906. The van der Waals surface area contributed by atoms with Crippen LogP contribution >= 0.6 is 12.4 Å². The third kappa shape index (κ3) is 3.60. The van der Waals surface area contributed by atoms with Crippen LogP contribution in [0.2, 0.25) is 0 Å². The maximum absolute atomic E-state index is 5.41. The summed E-state index contributed by atoms with van der Waals surface area (Å²) in [7, 11) is 4.76. The van der Waals surface area contributed by atoms with Crippen molar-refractivity contribution < 1.29 is 14.2 Å². The van der Waals surface area contributed by atoms with Crippen LogP contribution in [-0.4, -0.2) is 31.3 Å². The Morgan fingerprint density at radius 2 is 1.50 bits per heavy atom. The zero-order chi connectivity index (χ0) is 18.0. The molecule has 0 radical (unpaired) electrons. The predicted octanol–water partition coefficient (Wildman–Crippen LogP) is 4.44. The number of ether oxygens (including phenoxy) is 3. The second kappa shape index (κ2) is 8.10. The molecule has 1 aromatic heterocycles. The molecule has 0 aliphatic heterocycles. The number of halogens is 1. The van der Waals surface area contributed by atoms with Crippen molar-refractivity contribution in [2.24, 2.45) is 0 Å². The minimum Gasteiger partial charge on any atom is -0.493 e. The number of aromatic nitrogens is 2. The van der Waals surface area contributed by atoms with E-state index in [1.54, 1.807) is 27.7 Å². The fourth-order valence-electron chi connectivity index (χ4n) is 2.92. The average molecular weight is 376 g/mol. The Kier molecular flexibility index (Phi) is 6.10. The largest absolute Gasteiger partial charge is 0.493 e. The van der Waals surface area contributed by atoms with Crippen molar-refractivity contribution in [1.82, 2.24) is 9.97 Å². The fraction of sp³-hybridized carbons (Fsp3) is 0.263. The Morgan fingerprint density at radius 3 is 2.08 bits per heavy atom. The first-order valence-corrected chi connectivity index (χ1v) is 7.86. The van der Waals surface area contributed by atoms with Crippen molar-refractivity contribution in [2.75, 3.05) is 26.6 Å². The molecule has 138 valence electrons. The van der Waals surface area contributed by atoms with Gasteiger partial charge in [-0.15, -0.1) is 12.4 Å². The van der Waals surface area contributed by atoms with E-state index in [0.717, 1.165) is 33.5 Å². The standard InChI is InChI=1S/C19H21N3O3.ClH/c1-11-6-12(2)17-14(7-11)19(21-10-20-17)22-13-8-15(23-3)18(25-5)16(9-13)24-4;/h6-10H,1-5H3,(H,20,21,22);1H. The molecular formula is C19H22ClN3O3. The van der Waals surface area contributed by atoms with Gasteiger partial charge in [0.05, 0.1) is 26.8 Å². The van der Waals surface area contributed by atoms with Gasteiger partial charge >= 0.3 is 0 Å². The Balaban J connectivity index is 0.00000243. The van der Waals surface area contributed by atoms with Gasteiger partial charge in [-0.3, -0.25) is 0 Å². The third-order valence-corrected chi connectivity index (χ3v) is 4.00. The molecule has 0 atom stereocenters. The minimum absolute atomic E-state index is 0. The molecule has 1 heterocycles. The normalized spacial score (nSPS) is 10.2. The van der Waals surface area contributed by atoms with Crippen LogP contribution in [0.25, 0.3) is 10.9 Å². The molecule has 0 aliphatic rings. The van der Waals surface area contributed by atoms with Gasteiger partial charge in [0.1, 0.15) is 12.1 Å². The van der Waals surface area contributed by atoms with Crippen LogP contribution in [0.1, 0.15) is 11.1 Å². The van der Waals surface area contributed by atoms with Crippen LogP contribution in [0.4, 0.5) is 11.5 Å². The molecule has 0 amide bonds. The SMILES string of the molecule is COc1cc(Nc2ncnc3c(C)cc(C)cc23)cc(OC)c1OC.Cl. The summed E-state index contributed by atoms with van der Waals surface area (Å²) in [5.41, 5.74) is 3.99. The van der Waals surface area contributed by atoms with Crippen molar-refractivity contribution >= 4 is 34.8 Å². The third-order valence-electron chi connectivity index (χ3n) is 4.00. The number of hydrogen-bond donors (Lipinski definition) is 1. The average Bonchev–Trinajstić information content (AvgIpc) is 2.61. The molecule has 3 rings (SSSR count). The number of rotatable bonds is 5. The van der Waals surface area contributed by atoms with Crippen LogP contribution in [-0.2, 0) is 0 Å². The highest BCUT2D eigenvalue weighted by Crippen LogP contribution is 2.41. The fourth-order valence-corrected chi connectivity index (χ4v) is 2.92. The smallest absolute Gasteiger partial charge is 0.203 e. The number of fused-ring (bicyclic) bond motifs is 1. The van der Waals surface area contributed by atoms with E-state index in [1.807, 2.05) is 19.1 Å². The summed E-state index contributed by atoms with van der Waals surface area (Å²) in [6.45, 7) is 4.11. The van der Waals surface area contributed by atoms with Gasteiger partial charge in [-0.25, -0.2) is 9.97 Å². The lowest BCUT2D eigenvalue weighted by molar-refractivity contribution is 0.324. The molecule has 26 heavy (non-hydrogen) atoms. The first-order chi connectivity index (χ1) is 12.1. The lowest BCUT2D eigenvalue weighted by atomic mass is 10.1. The van der Waals surface area contributed by atoms with Crippen LogP contribution in [0.15, 0.2) is 30.6 Å². The van der Waals surface area contributed by atoms with Crippen molar-refractivity contribution in [2.45, 2.75) is 13.8 Å². The Labute approximate surface area is 158 Å². The number of methoxy groups -OCH3 is 3. The molecular weight excluding hydrogens is 354 g/mol. The quantitative estimate of drug-likeness (QED) is 0.711. The molecule has 6 nitrogen and oxygen atoms in total. The zero-order valence-electron chi connectivity index (χ0n) is 15.4. The topological polar surface area (TPSA) is 65.5 Å². The first kappa shape index (κ1) is 19.6. The molecule has 0 unspecified atom stereocenters. The van der Waals surface area contributed by atoms with E-state index >= 15 is 0 Å². The minimum atomic E-state index is 0. The van der Waals surface area contributed by atoms with E-state index < -0.39 is 0 Å². The molecule has 0 saturated heterocycles. The molecule has 0 aliphatic carbocycles. The van der Waals surface area contributed by atoms with Crippen molar-refractivity contribution in [3.8, 4) is 17.2 Å². The van der Waals surface area contributed by atoms with E-state index in [9.17, 15) is 0 Å². The molecule has 0 spiro atoms. The Hall–Kier alpha value is -2.73. The first-order valence-electron chi connectivity index (χ1n) is 7.86. The van der Waals surface area contributed by atoms with Gasteiger partial charge in [-0.05, 0) is 31.0 Å². The second-order valence-corrected chi connectivity index (χ2v) is 5.74. The number of hydrogen-bond acceptors (Lipinski definition) is 6. The summed E-state index contributed by atoms with van der Waals surface area (Å²) in [6, 6.07) is 7.87. The summed E-state index contributed by atoms with van der Waals surface area (Å²) in [5.74, 6) is 2.44. The predicted molar refractivity (Wildman–Crippen MR) is 106 cm³/mol. The lowest BCUT2D eigenvalue weighted by Gasteiger charge is -2.15. The highest BCUT2D eigenvalue weighted by molar-refractivity contribution is 5.93. The zero-order valence-corrected chi connectivity index (χ0v) is 16.2. The van der Waals surface area contributed by atoms with Crippen molar-refractivity contribution in [3.63, 3.8) is 0 Å². The highest BCUT2D eigenvalue weighted by Gasteiger charge is 2.14. The van der Waals surface area contributed by atoms with E-state index in [4.69, 9.17) is 14.2 Å². The maximum Gasteiger partial charge on any atom is 0.203 e. The van der Waals surface area contributed by atoms with E-state index in [2.05, 4.69) is 34.3 Å². The Morgan fingerprint density at radius 1 is 0.846 bits per heavy atom. The van der Waals surface area contributed by atoms with Gasteiger partial charge in [0.15, 0.2) is 11.5 Å². The molecule has 7 heteroatoms. The van der Waals surface area contributed by atoms with Crippen LogP contribution in [0.3, 0.4) is 0 Å². The highest BCUT2D eigenvalue weighted by atomic mass is 35.5. The molecule has 1 N–H and O–H groups in total. The van der Waals surface area contributed by atoms with E-state index in [0.29, 0.717) is 17.2 Å². The van der Waals surface area contributed by atoms with Gasteiger partial charge in [0.25, 0.3) is 0 Å².